The van der Waals surface area contributed by atoms with Crippen LogP contribution in [-0.4, -0.2) is 21.6 Å². The minimum absolute atomic E-state index is 0.187. The van der Waals surface area contributed by atoms with Gasteiger partial charge in [0.2, 0.25) is 0 Å². The summed E-state index contributed by atoms with van der Waals surface area (Å²) in [5, 5.41) is 3.53. The molecule has 2 unspecified atom stereocenters. The van der Waals surface area contributed by atoms with Gasteiger partial charge in [-0.05, 0) is 37.1 Å². The average Bonchev–Trinajstić information content (AvgIpc) is 2.97. The second-order valence-electron chi connectivity index (χ2n) is 9.13. The zero-order valence-corrected chi connectivity index (χ0v) is 25.3. The zero-order chi connectivity index (χ0) is 28.1. The molecule has 205 valence electrons. The number of ether oxygens (including phenoxy) is 1. The molecule has 0 amide bonds. The zero-order valence-electron chi connectivity index (χ0n) is 22.0. The molecule has 0 spiro atoms. The number of nitrogens with one attached hydrogen (secondary N) is 1. The third-order valence-corrected chi connectivity index (χ3v) is 7.56. The predicted octanol–water partition coefficient (Wildman–Crippen LogP) is 7.34. The molecule has 4 rings (SSSR count). The second kappa shape index (κ2) is 16.0. The number of hydrogen-bond donors (Lipinski definition) is 1. The number of sulfonamides is 1. The Hall–Kier alpha value is -2.38. The van der Waals surface area contributed by atoms with Crippen LogP contribution in [0.3, 0.4) is 0 Å². The third-order valence-electron chi connectivity index (χ3n) is 6.19. The molecule has 0 aliphatic rings. The molecule has 0 fully saturated rings. The summed E-state index contributed by atoms with van der Waals surface area (Å²) in [6.45, 7) is 5.52. The first-order valence-electron chi connectivity index (χ1n) is 12.6. The Bertz CT molecular complexity index is 1350. The maximum absolute atomic E-state index is 13.4. The Kier molecular flexibility index (Phi) is 12.8. The number of nitrogens with zero attached hydrogens (tertiary/aromatic N) is 1. The monoisotopic (exact) mass is 650 g/mol. The summed E-state index contributed by atoms with van der Waals surface area (Å²) < 4.78 is 37.2. The van der Waals surface area contributed by atoms with E-state index in [9.17, 15) is 8.42 Å². The summed E-state index contributed by atoms with van der Waals surface area (Å²) in [5.41, 5.74) is 5.10. The number of aryl methyl sites for hydroxylation is 2. The van der Waals surface area contributed by atoms with Crippen molar-refractivity contribution >= 4 is 19.7 Å². The van der Waals surface area contributed by atoms with Crippen LogP contribution >= 0.6 is 9.69 Å². The molecule has 0 saturated heterocycles. The molecular weight excluding hydrogens is 617 g/mol. The van der Waals surface area contributed by atoms with E-state index < -0.39 is 16.1 Å². The van der Waals surface area contributed by atoms with Gasteiger partial charge in [-0.3, -0.25) is 0 Å². The van der Waals surface area contributed by atoms with E-state index in [1.54, 1.807) is 24.3 Å². The summed E-state index contributed by atoms with van der Waals surface area (Å²) in [6.07, 6.45) is 0. The van der Waals surface area contributed by atoms with Crippen molar-refractivity contribution in [2.24, 2.45) is 0 Å². The van der Waals surface area contributed by atoms with Crippen LogP contribution in [0.15, 0.2) is 114 Å². The molecule has 39 heavy (non-hydrogen) atoms. The van der Waals surface area contributed by atoms with E-state index in [1.807, 2.05) is 84.9 Å². The van der Waals surface area contributed by atoms with Crippen LogP contribution in [0.1, 0.15) is 39.9 Å². The number of rotatable bonds is 12. The molecule has 0 aromatic heterocycles. The van der Waals surface area contributed by atoms with E-state index in [2.05, 4.69) is 50.9 Å². The second-order valence-corrected chi connectivity index (χ2v) is 10.8. The summed E-state index contributed by atoms with van der Waals surface area (Å²) >= 11 is 1.82. The Labute approximate surface area is 246 Å². The molecule has 0 saturated carbocycles. The summed E-state index contributed by atoms with van der Waals surface area (Å²) in [5.74, 6) is 0. The van der Waals surface area contributed by atoms with E-state index in [0.29, 0.717) is 19.8 Å². The van der Waals surface area contributed by atoms with Crippen molar-refractivity contribution in [3.63, 3.8) is 0 Å². The first kappa shape index (κ1) is 31.2. The first-order chi connectivity index (χ1) is 18.9. The van der Waals surface area contributed by atoms with Gasteiger partial charge >= 0.3 is 27.0 Å². The molecule has 4 aromatic rings. The number of benzene rings is 4. The molecule has 0 radical (unpaired) electrons. The van der Waals surface area contributed by atoms with Crippen molar-refractivity contribution < 1.29 is 30.5 Å². The van der Waals surface area contributed by atoms with Gasteiger partial charge in [0, 0.05) is 17.5 Å². The normalized spacial score (nSPS) is 12.7. The quantitative estimate of drug-likeness (QED) is 0.129. The van der Waals surface area contributed by atoms with Crippen LogP contribution in [0.2, 0.25) is 0 Å². The van der Waals surface area contributed by atoms with Crippen LogP contribution in [0.5, 0.6) is 0 Å². The van der Waals surface area contributed by atoms with Crippen molar-refractivity contribution in [2.75, 3.05) is 13.2 Å². The van der Waals surface area contributed by atoms with Gasteiger partial charge in [-0.2, -0.15) is 0 Å². The van der Waals surface area contributed by atoms with Gasteiger partial charge < -0.3 is 14.8 Å². The Morgan fingerprint density at radius 2 is 1.28 bits per heavy atom. The van der Waals surface area contributed by atoms with Gasteiger partial charge in [0.1, 0.15) is 10.0 Å². The van der Waals surface area contributed by atoms with Gasteiger partial charge in [-0.1, -0.05) is 120 Å². The molecule has 0 aliphatic heterocycles. The van der Waals surface area contributed by atoms with Gasteiger partial charge in [0.25, 0.3) is 0 Å². The molecule has 0 heterocycles. The van der Waals surface area contributed by atoms with E-state index >= 15 is 0 Å². The molecule has 5 nitrogen and oxygen atoms in total. The molecule has 2 atom stereocenters. The number of halogens is 1. The molecule has 4 aromatic carbocycles. The van der Waals surface area contributed by atoms with Crippen LogP contribution in [-0.2, 0) is 38.7 Å². The summed E-state index contributed by atoms with van der Waals surface area (Å²) in [7, 11) is 0.670. The molecule has 0 bridgehead atoms. The third kappa shape index (κ3) is 9.64. The van der Waals surface area contributed by atoms with Crippen LogP contribution in [0.4, 0.5) is 0 Å². The first-order valence-corrected chi connectivity index (χ1v) is 16.2. The number of hydrogen-bond acceptors (Lipinski definition) is 4. The van der Waals surface area contributed by atoms with Gasteiger partial charge in [-0.15, -0.1) is 0 Å². The van der Waals surface area contributed by atoms with Crippen LogP contribution in [0, 0.1) is 13.8 Å². The predicted molar refractivity (Wildman–Crippen MR) is 155 cm³/mol. The van der Waals surface area contributed by atoms with Crippen LogP contribution < -0.4 is 5.32 Å². The Morgan fingerprint density at radius 3 is 1.85 bits per heavy atom. The molecule has 8 heteroatoms. The van der Waals surface area contributed by atoms with E-state index in [-0.39, 0.29) is 10.9 Å². The Morgan fingerprint density at radius 1 is 0.769 bits per heavy atom. The van der Waals surface area contributed by atoms with Gasteiger partial charge in [0.05, 0.1) is 13.2 Å². The minimum atomic E-state index is -3.90. The van der Waals surface area contributed by atoms with Crippen molar-refractivity contribution in [2.45, 2.75) is 37.4 Å². The standard InChI is InChI=1S/C31H33N2O3S.ClH.Ru/c1-24-13-17-26(18-14-24)23-36-22-21-32-30(27-9-5-3-6-10-27)31(28-11-7-4-8-12-28)33-37(34,35)29-19-15-25(2)16-20-29;;/h3-20,30-32H,21-23H2,1-2H3;1H;/q-1;;+3/p-1. The summed E-state index contributed by atoms with van der Waals surface area (Å²) in [6, 6.07) is 33.5. The van der Waals surface area contributed by atoms with Crippen LogP contribution in [0.25, 0.3) is 4.72 Å². The van der Waals surface area contributed by atoms with Crippen molar-refractivity contribution in [3.05, 3.63) is 142 Å². The van der Waals surface area contributed by atoms with E-state index in [0.717, 1.165) is 22.3 Å². The topological polar surface area (TPSA) is 69.5 Å². The van der Waals surface area contributed by atoms with Gasteiger partial charge in [0.15, 0.2) is 0 Å². The van der Waals surface area contributed by atoms with Gasteiger partial charge in [-0.25, -0.2) is 8.42 Å². The van der Waals surface area contributed by atoms with E-state index in [1.165, 1.54) is 5.56 Å². The van der Waals surface area contributed by atoms with Crippen molar-refractivity contribution in [1.82, 2.24) is 5.32 Å². The molecule has 1 N–H and O–H groups in total. The molecular formula is C31H33ClN2O3RuS+. The summed E-state index contributed by atoms with van der Waals surface area (Å²) in [4.78, 5) is 0.187. The fraction of sp³-hybridized carbons (Fsp3) is 0.226. The van der Waals surface area contributed by atoms with Crippen molar-refractivity contribution in [1.29, 1.82) is 0 Å². The fourth-order valence-electron chi connectivity index (χ4n) is 4.12. The van der Waals surface area contributed by atoms with Crippen molar-refractivity contribution in [3.8, 4) is 0 Å². The Balaban J connectivity index is 0.00000205. The molecule has 0 aliphatic carbocycles. The SMILES string of the molecule is Cc1ccc(COCCNC(c2ccccc2)C([N-]S(=O)(=O)c2ccc(C)cc2)c2ccccc2)cc1.[Cl][Ru+2]. The maximum atomic E-state index is 13.4. The average molecular weight is 650 g/mol. The van der Waals surface area contributed by atoms with E-state index in [4.69, 9.17) is 4.74 Å². The fourth-order valence-corrected chi connectivity index (χ4v) is 5.26.